The highest BCUT2D eigenvalue weighted by Gasteiger charge is 2.36. The van der Waals surface area contributed by atoms with Crippen molar-refractivity contribution in [1.29, 1.82) is 0 Å². The Hall–Kier alpha value is -0.0800. The van der Waals surface area contributed by atoms with Gasteiger partial charge in [0, 0.05) is 18.6 Å². The molecule has 1 aliphatic heterocycles. The standard InChI is InChI=1S/C12H24N2/c1-10(8-11-4-3-7-13-11)14-9-12(2)5-6-12/h10-11,13-14H,3-9H2,1-2H3. The molecular weight excluding hydrogens is 172 g/mol. The van der Waals surface area contributed by atoms with E-state index in [1.54, 1.807) is 0 Å². The van der Waals surface area contributed by atoms with E-state index in [9.17, 15) is 0 Å². The van der Waals surface area contributed by atoms with Gasteiger partial charge >= 0.3 is 0 Å². The van der Waals surface area contributed by atoms with Crippen molar-refractivity contribution in [3.63, 3.8) is 0 Å². The van der Waals surface area contributed by atoms with Gasteiger partial charge in [0.05, 0.1) is 0 Å². The molecule has 14 heavy (non-hydrogen) atoms. The highest BCUT2D eigenvalue weighted by molar-refractivity contribution is 4.91. The normalized spacial score (nSPS) is 31.7. The van der Waals surface area contributed by atoms with Crippen LogP contribution in [0, 0.1) is 5.41 Å². The van der Waals surface area contributed by atoms with Crippen LogP contribution in [0.2, 0.25) is 0 Å². The van der Waals surface area contributed by atoms with Gasteiger partial charge in [-0.1, -0.05) is 6.92 Å². The van der Waals surface area contributed by atoms with Crippen molar-refractivity contribution in [3.8, 4) is 0 Å². The van der Waals surface area contributed by atoms with Crippen LogP contribution in [-0.4, -0.2) is 25.2 Å². The topological polar surface area (TPSA) is 24.1 Å². The van der Waals surface area contributed by atoms with Gasteiger partial charge in [-0.15, -0.1) is 0 Å². The van der Waals surface area contributed by atoms with E-state index in [0.29, 0.717) is 11.5 Å². The van der Waals surface area contributed by atoms with Crippen molar-refractivity contribution in [2.45, 2.75) is 58.0 Å². The summed E-state index contributed by atoms with van der Waals surface area (Å²) in [5.41, 5.74) is 0.650. The zero-order chi connectivity index (χ0) is 10.0. The van der Waals surface area contributed by atoms with Crippen LogP contribution in [0.3, 0.4) is 0 Å². The Morgan fingerprint density at radius 1 is 1.50 bits per heavy atom. The van der Waals surface area contributed by atoms with Gasteiger partial charge in [0.1, 0.15) is 0 Å². The molecule has 2 heteroatoms. The first-order valence-corrected chi connectivity index (χ1v) is 6.15. The minimum absolute atomic E-state index is 0.650. The highest BCUT2D eigenvalue weighted by atomic mass is 15.0. The zero-order valence-corrected chi connectivity index (χ0v) is 9.60. The molecule has 2 fully saturated rings. The van der Waals surface area contributed by atoms with E-state index in [1.807, 2.05) is 0 Å². The Morgan fingerprint density at radius 2 is 2.29 bits per heavy atom. The molecule has 0 aromatic rings. The highest BCUT2D eigenvalue weighted by Crippen LogP contribution is 2.44. The third-order valence-corrected chi connectivity index (χ3v) is 3.78. The van der Waals surface area contributed by atoms with Crippen molar-refractivity contribution in [2.75, 3.05) is 13.1 Å². The first kappa shape index (κ1) is 10.4. The lowest BCUT2D eigenvalue weighted by atomic mass is 10.1. The van der Waals surface area contributed by atoms with Crippen LogP contribution in [0.25, 0.3) is 0 Å². The van der Waals surface area contributed by atoms with Gasteiger partial charge in [0.25, 0.3) is 0 Å². The number of hydrogen-bond acceptors (Lipinski definition) is 2. The Balaban J connectivity index is 1.60. The first-order chi connectivity index (χ1) is 6.68. The lowest BCUT2D eigenvalue weighted by Crippen LogP contribution is -2.36. The molecular formula is C12H24N2. The molecule has 2 aliphatic rings. The summed E-state index contributed by atoms with van der Waals surface area (Å²) in [7, 11) is 0. The Bertz CT molecular complexity index is 181. The summed E-state index contributed by atoms with van der Waals surface area (Å²) in [6.07, 6.45) is 6.90. The summed E-state index contributed by atoms with van der Waals surface area (Å²) in [6, 6.07) is 1.47. The van der Waals surface area contributed by atoms with Crippen molar-refractivity contribution in [2.24, 2.45) is 5.41 Å². The van der Waals surface area contributed by atoms with Crippen molar-refractivity contribution >= 4 is 0 Å². The van der Waals surface area contributed by atoms with E-state index < -0.39 is 0 Å². The second-order valence-corrected chi connectivity index (χ2v) is 5.62. The van der Waals surface area contributed by atoms with Crippen LogP contribution in [0.1, 0.15) is 46.0 Å². The van der Waals surface area contributed by atoms with Crippen LogP contribution in [0.5, 0.6) is 0 Å². The molecule has 2 atom stereocenters. The number of nitrogens with one attached hydrogen (secondary N) is 2. The summed E-state index contributed by atoms with van der Waals surface area (Å²) < 4.78 is 0. The SMILES string of the molecule is CC(CC1CCCN1)NCC1(C)CC1. The Labute approximate surface area is 87.8 Å². The summed E-state index contributed by atoms with van der Waals surface area (Å²) in [4.78, 5) is 0. The molecule has 2 nitrogen and oxygen atoms in total. The lowest BCUT2D eigenvalue weighted by Gasteiger charge is -2.20. The lowest BCUT2D eigenvalue weighted by molar-refractivity contribution is 0.399. The minimum atomic E-state index is 0.650. The van der Waals surface area contributed by atoms with Gasteiger partial charge in [0.2, 0.25) is 0 Å². The third kappa shape index (κ3) is 2.96. The molecule has 0 aromatic heterocycles. The molecule has 0 spiro atoms. The van der Waals surface area contributed by atoms with E-state index in [-0.39, 0.29) is 0 Å². The molecule has 2 rings (SSSR count). The van der Waals surface area contributed by atoms with Crippen LogP contribution in [0.4, 0.5) is 0 Å². The fourth-order valence-corrected chi connectivity index (χ4v) is 2.28. The Kier molecular flexibility index (Phi) is 3.13. The molecule has 1 heterocycles. The second kappa shape index (κ2) is 4.19. The van der Waals surface area contributed by atoms with E-state index >= 15 is 0 Å². The molecule has 1 saturated carbocycles. The van der Waals surface area contributed by atoms with Crippen molar-refractivity contribution in [1.82, 2.24) is 10.6 Å². The predicted molar refractivity (Wildman–Crippen MR) is 60.4 cm³/mol. The molecule has 2 N–H and O–H groups in total. The summed E-state index contributed by atoms with van der Waals surface area (Å²) >= 11 is 0. The van der Waals surface area contributed by atoms with Gasteiger partial charge in [-0.3, -0.25) is 0 Å². The van der Waals surface area contributed by atoms with Gasteiger partial charge in [-0.05, 0) is 51.0 Å². The van der Waals surface area contributed by atoms with Gasteiger partial charge in [0.15, 0.2) is 0 Å². The smallest absolute Gasteiger partial charge is 0.00822 e. The number of hydrogen-bond donors (Lipinski definition) is 2. The van der Waals surface area contributed by atoms with E-state index in [1.165, 1.54) is 45.2 Å². The molecule has 82 valence electrons. The zero-order valence-electron chi connectivity index (χ0n) is 9.60. The maximum Gasteiger partial charge on any atom is 0.00822 e. The molecule has 0 aromatic carbocycles. The first-order valence-electron chi connectivity index (χ1n) is 6.15. The van der Waals surface area contributed by atoms with Crippen LogP contribution >= 0.6 is 0 Å². The number of rotatable bonds is 5. The van der Waals surface area contributed by atoms with Crippen molar-refractivity contribution in [3.05, 3.63) is 0 Å². The second-order valence-electron chi connectivity index (χ2n) is 5.62. The molecule has 0 amide bonds. The van der Waals surface area contributed by atoms with E-state index in [0.717, 1.165) is 6.04 Å². The molecule has 0 radical (unpaired) electrons. The quantitative estimate of drug-likeness (QED) is 0.702. The molecule has 0 bridgehead atoms. The van der Waals surface area contributed by atoms with E-state index in [4.69, 9.17) is 0 Å². The van der Waals surface area contributed by atoms with Crippen LogP contribution in [0.15, 0.2) is 0 Å². The minimum Gasteiger partial charge on any atom is -0.314 e. The molecule has 1 aliphatic carbocycles. The monoisotopic (exact) mass is 196 g/mol. The molecule has 2 unspecified atom stereocenters. The fraction of sp³-hybridized carbons (Fsp3) is 1.00. The van der Waals surface area contributed by atoms with Crippen LogP contribution < -0.4 is 10.6 Å². The van der Waals surface area contributed by atoms with Crippen molar-refractivity contribution < 1.29 is 0 Å². The average molecular weight is 196 g/mol. The van der Waals surface area contributed by atoms with Gasteiger partial charge in [-0.25, -0.2) is 0 Å². The summed E-state index contributed by atoms with van der Waals surface area (Å²) in [6.45, 7) is 7.17. The maximum atomic E-state index is 3.67. The average Bonchev–Trinajstić information content (AvgIpc) is 2.67. The predicted octanol–water partition coefficient (Wildman–Crippen LogP) is 1.91. The van der Waals surface area contributed by atoms with Gasteiger partial charge in [-0.2, -0.15) is 0 Å². The Morgan fingerprint density at radius 3 is 2.86 bits per heavy atom. The summed E-state index contributed by atoms with van der Waals surface area (Å²) in [5.74, 6) is 0. The van der Waals surface area contributed by atoms with E-state index in [2.05, 4.69) is 24.5 Å². The maximum absolute atomic E-state index is 3.67. The largest absolute Gasteiger partial charge is 0.314 e. The summed E-state index contributed by atoms with van der Waals surface area (Å²) in [5, 5.41) is 7.23. The third-order valence-electron chi connectivity index (χ3n) is 3.78. The van der Waals surface area contributed by atoms with Gasteiger partial charge < -0.3 is 10.6 Å². The molecule has 1 saturated heterocycles. The van der Waals surface area contributed by atoms with Crippen LogP contribution in [-0.2, 0) is 0 Å². The fourth-order valence-electron chi connectivity index (χ4n) is 2.28.